The van der Waals surface area contributed by atoms with Gasteiger partial charge in [-0.15, -0.1) is 0 Å². The van der Waals surface area contributed by atoms with E-state index in [2.05, 4.69) is 24.4 Å². The van der Waals surface area contributed by atoms with Crippen molar-refractivity contribution in [2.45, 2.75) is 51.8 Å². The molecule has 2 rings (SSSR count). The Morgan fingerprint density at radius 2 is 2.05 bits per heavy atom. The van der Waals surface area contributed by atoms with Gasteiger partial charge in [-0.05, 0) is 51.3 Å². The summed E-state index contributed by atoms with van der Waals surface area (Å²) in [5.74, 6) is 0.936. The van der Waals surface area contributed by atoms with Crippen LogP contribution in [0.4, 0.5) is 0 Å². The summed E-state index contributed by atoms with van der Waals surface area (Å²) in [6.45, 7) is 8.91. The molecular formula is C16H25NO2. The van der Waals surface area contributed by atoms with Crippen LogP contribution in [-0.4, -0.2) is 24.9 Å². The van der Waals surface area contributed by atoms with Gasteiger partial charge in [-0.1, -0.05) is 12.1 Å². The third-order valence-electron chi connectivity index (χ3n) is 3.45. The zero-order valence-corrected chi connectivity index (χ0v) is 12.2. The van der Waals surface area contributed by atoms with E-state index in [1.54, 1.807) is 0 Å². The van der Waals surface area contributed by atoms with E-state index < -0.39 is 0 Å². The van der Waals surface area contributed by atoms with E-state index >= 15 is 0 Å². The Labute approximate surface area is 116 Å². The molecule has 1 saturated heterocycles. The van der Waals surface area contributed by atoms with Gasteiger partial charge in [-0.25, -0.2) is 0 Å². The molecule has 0 radical (unpaired) electrons. The summed E-state index contributed by atoms with van der Waals surface area (Å²) in [5, 5.41) is 3.61. The van der Waals surface area contributed by atoms with Crippen LogP contribution in [0.5, 0.6) is 5.75 Å². The molecule has 0 aliphatic carbocycles. The van der Waals surface area contributed by atoms with Gasteiger partial charge < -0.3 is 14.8 Å². The highest BCUT2D eigenvalue weighted by atomic mass is 16.5. The van der Waals surface area contributed by atoms with Crippen LogP contribution in [-0.2, 0) is 11.3 Å². The third-order valence-corrected chi connectivity index (χ3v) is 3.45. The van der Waals surface area contributed by atoms with Crippen LogP contribution < -0.4 is 10.1 Å². The van der Waals surface area contributed by atoms with E-state index in [-0.39, 0.29) is 11.6 Å². The average Bonchev–Trinajstić information content (AvgIpc) is 2.38. The van der Waals surface area contributed by atoms with Gasteiger partial charge >= 0.3 is 0 Å². The first-order chi connectivity index (χ1) is 9.07. The van der Waals surface area contributed by atoms with Crippen molar-refractivity contribution in [1.29, 1.82) is 0 Å². The van der Waals surface area contributed by atoms with Crippen LogP contribution in [0, 0.1) is 0 Å². The Hall–Kier alpha value is -1.06. The number of benzene rings is 1. The van der Waals surface area contributed by atoms with E-state index in [9.17, 15) is 0 Å². The van der Waals surface area contributed by atoms with E-state index in [0.29, 0.717) is 0 Å². The number of ether oxygens (including phenoxy) is 2. The first-order valence-corrected chi connectivity index (χ1v) is 7.16. The summed E-state index contributed by atoms with van der Waals surface area (Å²) < 4.78 is 11.2. The molecular weight excluding hydrogens is 238 g/mol. The lowest BCUT2D eigenvalue weighted by atomic mass is 9.94. The van der Waals surface area contributed by atoms with Crippen LogP contribution in [0.1, 0.15) is 39.2 Å². The van der Waals surface area contributed by atoms with Gasteiger partial charge in [0, 0.05) is 18.7 Å². The van der Waals surface area contributed by atoms with E-state index in [4.69, 9.17) is 9.47 Å². The standard InChI is InChI=1S/C16H25NO2/c1-13(2)19-15-7-5-14(6-8-15)11-17-16(3)9-4-10-18-12-16/h5-8,13,17H,4,9-12H2,1-3H3. The zero-order chi connectivity index (χ0) is 13.7. The molecule has 0 spiro atoms. The number of rotatable bonds is 5. The van der Waals surface area contributed by atoms with Crippen molar-refractivity contribution in [3.8, 4) is 5.75 Å². The Bertz CT molecular complexity index is 380. The molecule has 1 unspecified atom stereocenters. The van der Waals surface area contributed by atoms with Gasteiger partial charge in [-0.2, -0.15) is 0 Å². The highest BCUT2D eigenvalue weighted by molar-refractivity contribution is 5.27. The maximum atomic E-state index is 5.64. The fourth-order valence-corrected chi connectivity index (χ4v) is 2.35. The summed E-state index contributed by atoms with van der Waals surface area (Å²) in [6.07, 6.45) is 2.55. The molecule has 1 atom stereocenters. The molecule has 19 heavy (non-hydrogen) atoms. The van der Waals surface area contributed by atoms with Gasteiger partial charge in [0.2, 0.25) is 0 Å². The molecule has 0 amide bonds. The topological polar surface area (TPSA) is 30.5 Å². The van der Waals surface area contributed by atoms with Crippen LogP contribution in [0.3, 0.4) is 0 Å². The smallest absolute Gasteiger partial charge is 0.119 e. The quantitative estimate of drug-likeness (QED) is 0.885. The number of hydrogen-bond acceptors (Lipinski definition) is 3. The van der Waals surface area contributed by atoms with Crippen LogP contribution in [0.25, 0.3) is 0 Å². The Kier molecular flexibility index (Phi) is 4.83. The molecule has 1 aromatic carbocycles. The molecule has 0 bridgehead atoms. The SMILES string of the molecule is CC(C)Oc1ccc(CNC2(C)CCCOC2)cc1. The summed E-state index contributed by atoms with van der Waals surface area (Å²) in [6, 6.07) is 8.32. The van der Waals surface area contributed by atoms with Gasteiger partial charge in [0.05, 0.1) is 12.7 Å². The Morgan fingerprint density at radius 1 is 1.32 bits per heavy atom. The molecule has 1 N–H and O–H groups in total. The number of nitrogens with one attached hydrogen (secondary N) is 1. The van der Waals surface area contributed by atoms with Crippen LogP contribution in [0.2, 0.25) is 0 Å². The second-order valence-corrected chi connectivity index (χ2v) is 5.88. The largest absolute Gasteiger partial charge is 0.491 e. The fourth-order valence-electron chi connectivity index (χ4n) is 2.35. The first kappa shape index (κ1) is 14.4. The minimum absolute atomic E-state index is 0.116. The molecule has 1 aliphatic rings. The van der Waals surface area contributed by atoms with Crippen molar-refractivity contribution in [1.82, 2.24) is 5.32 Å². The van der Waals surface area contributed by atoms with E-state index in [0.717, 1.165) is 31.9 Å². The zero-order valence-electron chi connectivity index (χ0n) is 12.2. The highest BCUT2D eigenvalue weighted by Crippen LogP contribution is 2.19. The van der Waals surface area contributed by atoms with Crippen molar-refractivity contribution < 1.29 is 9.47 Å². The van der Waals surface area contributed by atoms with Crippen molar-refractivity contribution in [3.05, 3.63) is 29.8 Å². The molecule has 1 heterocycles. The minimum atomic E-state index is 0.116. The average molecular weight is 263 g/mol. The Morgan fingerprint density at radius 3 is 2.63 bits per heavy atom. The van der Waals surface area contributed by atoms with Crippen LogP contribution >= 0.6 is 0 Å². The highest BCUT2D eigenvalue weighted by Gasteiger charge is 2.26. The molecule has 3 nitrogen and oxygen atoms in total. The second-order valence-electron chi connectivity index (χ2n) is 5.88. The Balaban J connectivity index is 1.85. The predicted octanol–water partition coefficient (Wildman–Crippen LogP) is 3.13. The van der Waals surface area contributed by atoms with E-state index in [1.807, 2.05) is 26.0 Å². The lowest BCUT2D eigenvalue weighted by Crippen LogP contribution is -2.48. The monoisotopic (exact) mass is 263 g/mol. The maximum absolute atomic E-state index is 5.64. The molecule has 3 heteroatoms. The second kappa shape index (κ2) is 6.40. The van der Waals surface area contributed by atoms with Gasteiger partial charge in [-0.3, -0.25) is 0 Å². The van der Waals surface area contributed by atoms with Crippen molar-refractivity contribution in [3.63, 3.8) is 0 Å². The summed E-state index contributed by atoms with van der Waals surface area (Å²) in [5.41, 5.74) is 1.40. The molecule has 0 saturated carbocycles. The minimum Gasteiger partial charge on any atom is -0.491 e. The summed E-state index contributed by atoms with van der Waals surface area (Å²) in [7, 11) is 0. The normalized spacial score (nSPS) is 23.6. The summed E-state index contributed by atoms with van der Waals surface area (Å²) >= 11 is 0. The molecule has 1 aliphatic heterocycles. The molecule has 1 fully saturated rings. The fraction of sp³-hybridized carbons (Fsp3) is 0.625. The van der Waals surface area contributed by atoms with Crippen molar-refractivity contribution in [2.75, 3.05) is 13.2 Å². The van der Waals surface area contributed by atoms with Gasteiger partial charge in [0.25, 0.3) is 0 Å². The van der Waals surface area contributed by atoms with Gasteiger partial charge in [0.15, 0.2) is 0 Å². The maximum Gasteiger partial charge on any atom is 0.119 e. The lowest BCUT2D eigenvalue weighted by Gasteiger charge is -2.34. The number of hydrogen-bond donors (Lipinski definition) is 1. The molecule has 1 aromatic rings. The van der Waals surface area contributed by atoms with Crippen molar-refractivity contribution in [2.24, 2.45) is 0 Å². The lowest BCUT2D eigenvalue weighted by molar-refractivity contribution is 0.0278. The molecule has 0 aromatic heterocycles. The molecule has 106 valence electrons. The van der Waals surface area contributed by atoms with Crippen molar-refractivity contribution >= 4 is 0 Å². The third kappa shape index (κ3) is 4.51. The van der Waals surface area contributed by atoms with Gasteiger partial charge in [0.1, 0.15) is 5.75 Å². The predicted molar refractivity (Wildman–Crippen MR) is 77.5 cm³/mol. The van der Waals surface area contributed by atoms with Crippen LogP contribution in [0.15, 0.2) is 24.3 Å². The first-order valence-electron chi connectivity index (χ1n) is 7.16. The van der Waals surface area contributed by atoms with E-state index in [1.165, 1.54) is 12.0 Å². The summed E-state index contributed by atoms with van der Waals surface area (Å²) in [4.78, 5) is 0.